The van der Waals surface area contributed by atoms with Crippen molar-refractivity contribution in [1.29, 1.82) is 0 Å². The topological polar surface area (TPSA) is 63.2 Å². The molecular weight excluding hydrogens is 378 g/mol. The first-order chi connectivity index (χ1) is 11.8. The van der Waals surface area contributed by atoms with E-state index in [4.69, 9.17) is 11.6 Å². The van der Waals surface area contributed by atoms with E-state index in [1.807, 2.05) is 18.2 Å². The molecule has 25 heavy (non-hydrogen) atoms. The van der Waals surface area contributed by atoms with Gasteiger partial charge in [0.05, 0.1) is 9.92 Å². The van der Waals surface area contributed by atoms with Crippen molar-refractivity contribution in [3.05, 3.63) is 59.6 Å². The van der Waals surface area contributed by atoms with Crippen LogP contribution >= 0.6 is 23.4 Å². The van der Waals surface area contributed by atoms with Crippen molar-refractivity contribution in [3.8, 4) is 0 Å². The molecule has 0 atom stereocenters. The molecule has 2 rings (SSSR count). The van der Waals surface area contributed by atoms with Crippen LogP contribution in [-0.4, -0.2) is 31.4 Å². The second-order valence-electron chi connectivity index (χ2n) is 5.86. The number of carbonyl (C=O) groups excluding carboxylic acids is 1. The van der Waals surface area contributed by atoms with Gasteiger partial charge in [-0.2, -0.15) is 0 Å². The highest BCUT2D eigenvalue weighted by Gasteiger charge is 2.42. The maximum absolute atomic E-state index is 12.7. The van der Waals surface area contributed by atoms with Gasteiger partial charge in [0.2, 0.25) is 5.91 Å². The third-order valence-corrected chi connectivity index (χ3v) is 7.69. The fourth-order valence-electron chi connectivity index (χ4n) is 2.12. The third kappa shape index (κ3) is 4.57. The van der Waals surface area contributed by atoms with Crippen molar-refractivity contribution in [2.24, 2.45) is 0 Å². The molecule has 0 unspecified atom stereocenters. The van der Waals surface area contributed by atoms with Gasteiger partial charge in [0.25, 0.3) is 0 Å². The van der Waals surface area contributed by atoms with Crippen LogP contribution in [-0.2, 0) is 14.6 Å². The normalized spacial score (nSPS) is 12.0. The number of halogens is 1. The first kappa shape index (κ1) is 19.8. The van der Waals surface area contributed by atoms with Gasteiger partial charge in [-0.05, 0) is 38.1 Å². The summed E-state index contributed by atoms with van der Waals surface area (Å²) in [5.41, 5.74) is 0. The molecule has 0 saturated carbocycles. The minimum absolute atomic E-state index is 0.139. The number of thioether (sulfide) groups is 1. The molecule has 0 aliphatic carbocycles. The highest BCUT2D eigenvalue weighted by molar-refractivity contribution is 7.99. The molecule has 1 amide bonds. The number of nitrogens with one attached hydrogen (secondary N) is 1. The Morgan fingerprint density at radius 3 is 2.32 bits per heavy atom. The lowest BCUT2D eigenvalue weighted by Gasteiger charge is -2.23. The highest BCUT2D eigenvalue weighted by Crippen LogP contribution is 2.27. The Hall–Kier alpha value is -1.50. The average molecular weight is 398 g/mol. The molecule has 0 aliphatic rings. The van der Waals surface area contributed by atoms with Crippen LogP contribution in [0.4, 0.5) is 0 Å². The summed E-state index contributed by atoms with van der Waals surface area (Å²) < 4.78 is 23.9. The molecule has 134 valence electrons. The standard InChI is InChI=1S/C18H20ClNO3S2/c1-18(2,25(22,23)14-8-4-3-5-9-14)17(21)20-12-13-24-16-11-7-6-10-15(16)19/h3-11H,12-13H2,1-2H3,(H,20,21). The molecule has 2 aromatic carbocycles. The molecular formula is C18H20ClNO3S2. The molecule has 0 radical (unpaired) electrons. The summed E-state index contributed by atoms with van der Waals surface area (Å²) in [7, 11) is -3.77. The van der Waals surface area contributed by atoms with Crippen LogP contribution < -0.4 is 5.32 Å². The van der Waals surface area contributed by atoms with Crippen LogP contribution in [0.5, 0.6) is 0 Å². The van der Waals surface area contributed by atoms with E-state index in [1.54, 1.807) is 24.3 Å². The van der Waals surface area contributed by atoms with Gasteiger partial charge in [-0.25, -0.2) is 8.42 Å². The molecule has 2 aromatic rings. The Labute approximate surface area is 157 Å². The lowest BCUT2D eigenvalue weighted by atomic mass is 10.2. The Balaban J connectivity index is 1.96. The number of hydrogen-bond donors (Lipinski definition) is 1. The second kappa shape index (κ2) is 8.25. The monoisotopic (exact) mass is 397 g/mol. The zero-order valence-electron chi connectivity index (χ0n) is 14.0. The van der Waals surface area contributed by atoms with Gasteiger partial charge in [-0.15, -0.1) is 11.8 Å². The van der Waals surface area contributed by atoms with Crippen LogP contribution in [0.25, 0.3) is 0 Å². The Morgan fingerprint density at radius 1 is 1.08 bits per heavy atom. The highest BCUT2D eigenvalue weighted by atomic mass is 35.5. The zero-order chi connectivity index (χ0) is 18.5. The summed E-state index contributed by atoms with van der Waals surface area (Å²) in [6.45, 7) is 3.19. The van der Waals surface area contributed by atoms with Crippen LogP contribution in [0.2, 0.25) is 5.02 Å². The first-order valence-corrected chi connectivity index (χ1v) is 10.6. The lowest BCUT2D eigenvalue weighted by Crippen LogP contribution is -2.48. The fourth-order valence-corrected chi connectivity index (χ4v) is 4.64. The molecule has 4 nitrogen and oxygen atoms in total. The Bertz CT molecular complexity index is 836. The summed E-state index contributed by atoms with van der Waals surface area (Å²) in [6.07, 6.45) is 0. The smallest absolute Gasteiger partial charge is 0.241 e. The van der Waals surface area contributed by atoms with Crippen molar-refractivity contribution in [1.82, 2.24) is 5.32 Å². The molecule has 0 spiro atoms. The molecule has 0 saturated heterocycles. The van der Waals surface area contributed by atoms with Gasteiger partial charge >= 0.3 is 0 Å². The lowest BCUT2D eigenvalue weighted by molar-refractivity contribution is -0.122. The quantitative estimate of drug-likeness (QED) is 0.570. The number of amides is 1. The predicted molar refractivity (Wildman–Crippen MR) is 103 cm³/mol. The van der Waals surface area contributed by atoms with E-state index in [1.165, 1.54) is 37.7 Å². The van der Waals surface area contributed by atoms with Crippen LogP contribution in [0.3, 0.4) is 0 Å². The minimum Gasteiger partial charge on any atom is -0.354 e. The van der Waals surface area contributed by atoms with E-state index < -0.39 is 20.5 Å². The minimum atomic E-state index is -3.77. The number of hydrogen-bond acceptors (Lipinski definition) is 4. The van der Waals surface area contributed by atoms with Gasteiger partial charge in [0, 0.05) is 17.2 Å². The summed E-state index contributed by atoms with van der Waals surface area (Å²) in [6, 6.07) is 15.5. The van der Waals surface area contributed by atoms with E-state index in [0.717, 1.165) is 4.90 Å². The van der Waals surface area contributed by atoms with Gasteiger partial charge < -0.3 is 5.32 Å². The number of sulfone groups is 1. The summed E-state index contributed by atoms with van der Waals surface area (Å²) in [4.78, 5) is 13.5. The van der Waals surface area contributed by atoms with E-state index in [-0.39, 0.29) is 4.90 Å². The van der Waals surface area contributed by atoms with Gasteiger partial charge in [0.1, 0.15) is 4.75 Å². The van der Waals surface area contributed by atoms with Crippen molar-refractivity contribution in [3.63, 3.8) is 0 Å². The number of carbonyl (C=O) groups is 1. The van der Waals surface area contributed by atoms with E-state index in [9.17, 15) is 13.2 Å². The zero-order valence-corrected chi connectivity index (χ0v) is 16.4. The van der Waals surface area contributed by atoms with Crippen LogP contribution in [0.15, 0.2) is 64.4 Å². The molecule has 0 aliphatic heterocycles. The predicted octanol–water partition coefficient (Wildman–Crippen LogP) is 3.80. The van der Waals surface area contributed by atoms with E-state index in [2.05, 4.69) is 5.32 Å². The summed E-state index contributed by atoms with van der Waals surface area (Å²) in [5.74, 6) is 0.0767. The van der Waals surface area contributed by atoms with E-state index in [0.29, 0.717) is 17.3 Å². The molecule has 0 bridgehead atoms. The number of rotatable bonds is 7. The maximum Gasteiger partial charge on any atom is 0.241 e. The second-order valence-corrected chi connectivity index (χ2v) is 9.90. The Morgan fingerprint density at radius 2 is 1.68 bits per heavy atom. The van der Waals surface area contributed by atoms with Gasteiger partial charge in [0.15, 0.2) is 9.84 Å². The van der Waals surface area contributed by atoms with Gasteiger partial charge in [-0.3, -0.25) is 4.79 Å². The van der Waals surface area contributed by atoms with Crippen molar-refractivity contribution in [2.75, 3.05) is 12.3 Å². The Kier molecular flexibility index (Phi) is 6.54. The maximum atomic E-state index is 12.7. The SMILES string of the molecule is CC(C)(C(=O)NCCSc1ccccc1Cl)S(=O)(=O)c1ccccc1. The molecule has 0 fully saturated rings. The van der Waals surface area contributed by atoms with Crippen molar-refractivity contribution < 1.29 is 13.2 Å². The third-order valence-electron chi connectivity index (χ3n) is 3.75. The molecule has 0 heterocycles. The van der Waals surface area contributed by atoms with Gasteiger partial charge in [-0.1, -0.05) is 41.9 Å². The van der Waals surface area contributed by atoms with Crippen LogP contribution in [0, 0.1) is 0 Å². The van der Waals surface area contributed by atoms with Crippen molar-refractivity contribution in [2.45, 2.75) is 28.4 Å². The summed E-state index contributed by atoms with van der Waals surface area (Å²) >= 11 is 7.59. The fraction of sp³-hybridized carbons (Fsp3) is 0.278. The van der Waals surface area contributed by atoms with Crippen LogP contribution in [0.1, 0.15) is 13.8 Å². The first-order valence-electron chi connectivity index (χ1n) is 7.72. The summed E-state index contributed by atoms with van der Waals surface area (Å²) in [5, 5.41) is 3.36. The number of benzene rings is 2. The largest absolute Gasteiger partial charge is 0.354 e. The molecule has 7 heteroatoms. The van der Waals surface area contributed by atoms with E-state index >= 15 is 0 Å². The molecule has 0 aromatic heterocycles. The molecule has 1 N–H and O–H groups in total. The van der Waals surface area contributed by atoms with Crippen molar-refractivity contribution >= 4 is 39.1 Å². The average Bonchev–Trinajstić information content (AvgIpc) is 2.60.